The third-order valence-corrected chi connectivity index (χ3v) is 3.77. The summed E-state index contributed by atoms with van der Waals surface area (Å²) in [5.41, 5.74) is 3.09. The van der Waals surface area contributed by atoms with E-state index in [1.54, 1.807) is 0 Å². The Balaban J connectivity index is 2.03. The minimum atomic E-state index is -0.193. The molecule has 0 saturated heterocycles. The molecule has 1 aromatic carbocycles. The molecule has 2 rings (SSSR count). The van der Waals surface area contributed by atoms with Gasteiger partial charge in [0.2, 0.25) is 0 Å². The van der Waals surface area contributed by atoms with E-state index in [1.165, 1.54) is 12.7 Å². The summed E-state index contributed by atoms with van der Waals surface area (Å²) in [5.74, 6) is 1.11. The second-order valence-electron chi connectivity index (χ2n) is 6.50. The van der Waals surface area contributed by atoms with Crippen LogP contribution in [0.4, 0.5) is 0 Å². The van der Waals surface area contributed by atoms with E-state index in [4.69, 9.17) is 9.26 Å². The fourth-order valence-electron chi connectivity index (χ4n) is 2.57. The lowest BCUT2D eigenvalue weighted by atomic mass is 10.1. The average molecular weight is 330 g/mol. The molecule has 0 aliphatic heterocycles. The van der Waals surface area contributed by atoms with Gasteiger partial charge in [-0.05, 0) is 12.8 Å². The van der Waals surface area contributed by atoms with Crippen LogP contribution >= 0.6 is 0 Å². The van der Waals surface area contributed by atoms with Gasteiger partial charge in [-0.25, -0.2) is 0 Å². The van der Waals surface area contributed by atoms with E-state index >= 15 is 0 Å². The van der Waals surface area contributed by atoms with E-state index in [9.17, 15) is 4.79 Å². The van der Waals surface area contributed by atoms with Crippen molar-refractivity contribution in [2.24, 2.45) is 5.92 Å². The van der Waals surface area contributed by atoms with Crippen molar-refractivity contribution in [3.63, 3.8) is 0 Å². The molecule has 0 fully saturated rings. The van der Waals surface area contributed by atoms with E-state index in [0.29, 0.717) is 25.4 Å². The minimum Gasteiger partial charge on any atom is -0.469 e. The maximum absolute atomic E-state index is 11.4. The van der Waals surface area contributed by atoms with Crippen molar-refractivity contribution in [3.8, 4) is 11.3 Å². The van der Waals surface area contributed by atoms with Gasteiger partial charge in [-0.15, -0.1) is 0 Å². The van der Waals surface area contributed by atoms with E-state index in [1.807, 2.05) is 18.2 Å². The topological polar surface area (TPSA) is 55.6 Å². The number of hydrogen-bond acceptors (Lipinski definition) is 5. The van der Waals surface area contributed by atoms with Crippen LogP contribution in [0.25, 0.3) is 11.3 Å². The lowest BCUT2D eigenvalue weighted by Gasteiger charge is -2.22. The molecule has 0 unspecified atom stereocenters. The molecule has 0 atom stereocenters. The third-order valence-electron chi connectivity index (χ3n) is 3.77. The first-order valence-corrected chi connectivity index (χ1v) is 8.29. The standard InChI is InChI=1S/C19H26N2O3/c1-14(2)12-21(10-9-19(22)23-4)13-17-11-18(20-24-17)16-7-5-15(3)6-8-16/h5-8,11,14H,9-10,12-13H2,1-4H3. The van der Waals surface area contributed by atoms with Crippen molar-refractivity contribution < 1.29 is 14.1 Å². The first-order chi connectivity index (χ1) is 11.5. The van der Waals surface area contributed by atoms with Crippen molar-refractivity contribution in [1.82, 2.24) is 10.1 Å². The SMILES string of the molecule is COC(=O)CCN(Cc1cc(-c2ccc(C)cc2)no1)CC(C)C. The predicted molar refractivity (Wildman–Crippen MR) is 93.4 cm³/mol. The molecule has 2 aromatic rings. The van der Waals surface area contributed by atoms with Gasteiger partial charge in [0.05, 0.1) is 20.1 Å². The molecule has 130 valence electrons. The molecule has 0 aliphatic rings. The van der Waals surface area contributed by atoms with Crippen LogP contribution in [0.5, 0.6) is 0 Å². The molecular weight excluding hydrogens is 304 g/mol. The zero-order valence-electron chi connectivity index (χ0n) is 14.9. The van der Waals surface area contributed by atoms with Crippen LogP contribution in [0, 0.1) is 12.8 Å². The first kappa shape index (κ1) is 18.2. The molecule has 0 N–H and O–H groups in total. The number of aromatic nitrogens is 1. The summed E-state index contributed by atoms with van der Waals surface area (Å²) in [7, 11) is 1.42. The van der Waals surface area contributed by atoms with Crippen molar-refractivity contribution >= 4 is 5.97 Å². The van der Waals surface area contributed by atoms with Gasteiger partial charge in [0.15, 0.2) is 5.76 Å². The van der Waals surface area contributed by atoms with Gasteiger partial charge < -0.3 is 9.26 Å². The van der Waals surface area contributed by atoms with Crippen LogP contribution in [0.1, 0.15) is 31.6 Å². The number of methoxy groups -OCH3 is 1. The summed E-state index contributed by atoms with van der Waals surface area (Å²) in [6, 6.07) is 10.2. The Bertz CT molecular complexity index is 647. The number of carbonyl (C=O) groups is 1. The maximum Gasteiger partial charge on any atom is 0.306 e. The van der Waals surface area contributed by atoms with E-state index in [0.717, 1.165) is 23.6 Å². The molecule has 0 spiro atoms. The van der Waals surface area contributed by atoms with Crippen LogP contribution in [0.15, 0.2) is 34.9 Å². The fraction of sp³-hybridized carbons (Fsp3) is 0.474. The molecule has 0 amide bonds. The summed E-state index contributed by atoms with van der Waals surface area (Å²) in [6.07, 6.45) is 0.377. The van der Waals surface area contributed by atoms with Crippen molar-refractivity contribution in [2.45, 2.75) is 33.7 Å². The van der Waals surface area contributed by atoms with Gasteiger partial charge in [0.1, 0.15) is 5.69 Å². The highest BCUT2D eigenvalue weighted by atomic mass is 16.5. The number of carbonyl (C=O) groups excluding carboxylic acids is 1. The number of rotatable bonds is 8. The Kier molecular flexibility index (Phi) is 6.55. The van der Waals surface area contributed by atoms with Crippen molar-refractivity contribution in [2.75, 3.05) is 20.2 Å². The zero-order chi connectivity index (χ0) is 17.5. The summed E-state index contributed by atoms with van der Waals surface area (Å²) < 4.78 is 10.2. The van der Waals surface area contributed by atoms with Gasteiger partial charge in [-0.2, -0.15) is 0 Å². The number of benzene rings is 1. The van der Waals surface area contributed by atoms with Crippen LogP contribution in [0.3, 0.4) is 0 Å². The van der Waals surface area contributed by atoms with E-state index in [2.05, 4.69) is 43.0 Å². The van der Waals surface area contributed by atoms with E-state index < -0.39 is 0 Å². The van der Waals surface area contributed by atoms with Gasteiger partial charge in [-0.1, -0.05) is 48.8 Å². The molecule has 0 saturated carbocycles. The number of ether oxygens (including phenoxy) is 1. The highest BCUT2D eigenvalue weighted by Crippen LogP contribution is 2.20. The number of hydrogen-bond donors (Lipinski definition) is 0. The summed E-state index contributed by atoms with van der Waals surface area (Å²) >= 11 is 0. The number of nitrogens with zero attached hydrogens (tertiary/aromatic N) is 2. The van der Waals surface area contributed by atoms with Gasteiger partial charge >= 0.3 is 5.97 Å². The zero-order valence-corrected chi connectivity index (χ0v) is 14.9. The third kappa shape index (κ3) is 5.49. The summed E-state index contributed by atoms with van der Waals surface area (Å²) in [5, 5.41) is 4.17. The highest BCUT2D eigenvalue weighted by Gasteiger charge is 2.14. The summed E-state index contributed by atoms with van der Waals surface area (Å²) in [6.45, 7) is 8.53. The second-order valence-corrected chi connectivity index (χ2v) is 6.50. The smallest absolute Gasteiger partial charge is 0.306 e. The molecular formula is C19H26N2O3. The van der Waals surface area contributed by atoms with Gasteiger partial charge in [0.25, 0.3) is 0 Å². The number of aryl methyl sites for hydroxylation is 1. The monoisotopic (exact) mass is 330 g/mol. The molecule has 1 aromatic heterocycles. The highest BCUT2D eigenvalue weighted by molar-refractivity contribution is 5.69. The summed E-state index contributed by atoms with van der Waals surface area (Å²) in [4.78, 5) is 13.6. The van der Waals surface area contributed by atoms with Gasteiger partial charge in [0, 0.05) is 24.7 Å². The molecule has 1 heterocycles. The molecule has 24 heavy (non-hydrogen) atoms. The quantitative estimate of drug-likeness (QED) is 0.691. The van der Waals surface area contributed by atoms with Crippen LogP contribution in [0.2, 0.25) is 0 Å². The van der Waals surface area contributed by atoms with Crippen LogP contribution in [-0.4, -0.2) is 36.2 Å². The Labute approximate surface area is 143 Å². The second kappa shape index (κ2) is 8.64. The molecule has 5 heteroatoms. The maximum atomic E-state index is 11.4. The van der Waals surface area contributed by atoms with E-state index in [-0.39, 0.29) is 5.97 Å². The average Bonchev–Trinajstić information content (AvgIpc) is 3.01. The Hall–Kier alpha value is -2.14. The first-order valence-electron chi connectivity index (χ1n) is 8.29. The fourth-order valence-corrected chi connectivity index (χ4v) is 2.57. The Morgan fingerprint density at radius 1 is 1.29 bits per heavy atom. The molecule has 0 bridgehead atoms. The lowest BCUT2D eigenvalue weighted by molar-refractivity contribution is -0.141. The predicted octanol–water partition coefficient (Wildman–Crippen LogP) is 3.67. The Morgan fingerprint density at radius 2 is 2.00 bits per heavy atom. The normalized spacial score (nSPS) is 11.2. The Morgan fingerprint density at radius 3 is 2.62 bits per heavy atom. The minimum absolute atomic E-state index is 0.193. The lowest BCUT2D eigenvalue weighted by Crippen LogP contribution is -2.29. The van der Waals surface area contributed by atoms with Crippen molar-refractivity contribution in [1.29, 1.82) is 0 Å². The number of esters is 1. The van der Waals surface area contributed by atoms with Crippen molar-refractivity contribution in [3.05, 3.63) is 41.7 Å². The van der Waals surface area contributed by atoms with Gasteiger partial charge in [-0.3, -0.25) is 9.69 Å². The molecule has 0 aliphatic carbocycles. The van der Waals surface area contributed by atoms with Crippen LogP contribution < -0.4 is 0 Å². The molecule has 0 radical (unpaired) electrons. The largest absolute Gasteiger partial charge is 0.469 e. The molecule has 5 nitrogen and oxygen atoms in total. The van der Waals surface area contributed by atoms with Crippen LogP contribution in [-0.2, 0) is 16.1 Å².